The number of carbonyl (C=O) groups is 1. The van der Waals surface area contributed by atoms with Crippen molar-refractivity contribution in [2.75, 3.05) is 6.61 Å². The fourth-order valence-corrected chi connectivity index (χ4v) is 5.16. The Bertz CT molecular complexity index is 892. The molecule has 3 rings (SSSR count). The van der Waals surface area contributed by atoms with Crippen LogP contribution in [0.15, 0.2) is 61.2 Å². The SMILES string of the molecule is C=CCCC[C@H]1CC[C@H](c2ccc(OC(=O)c3ccc(OCCCCC[C@@H](C)CC)cc3)cc2)CC1. The van der Waals surface area contributed by atoms with E-state index in [9.17, 15) is 4.79 Å². The third-order valence-corrected chi connectivity index (χ3v) is 7.83. The van der Waals surface area contributed by atoms with Gasteiger partial charge in [-0.15, -0.1) is 6.58 Å². The van der Waals surface area contributed by atoms with Crippen molar-refractivity contribution in [3.63, 3.8) is 0 Å². The second kappa shape index (κ2) is 15.5. The van der Waals surface area contributed by atoms with Gasteiger partial charge in [-0.05, 0) is 105 Å². The van der Waals surface area contributed by atoms with Crippen molar-refractivity contribution >= 4 is 5.97 Å². The Morgan fingerprint density at radius 3 is 2.31 bits per heavy atom. The molecule has 1 aliphatic carbocycles. The molecule has 1 atom stereocenters. The molecule has 2 aromatic rings. The van der Waals surface area contributed by atoms with Crippen LogP contribution in [0.1, 0.15) is 113 Å². The number of ether oxygens (including phenoxy) is 2. The Morgan fingerprint density at radius 1 is 0.944 bits per heavy atom. The van der Waals surface area contributed by atoms with Crippen LogP contribution >= 0.6 is 0 Å². The van der Waals surface area contributed by atoms with Gasteiger partial charge in [0.2, 0.25) is 0 Å². The van der Waals surface area contributed by atoms with Crippen LogP contribution in [0.2, 0.25) is 0 Å². The average molecular weight is 491 g/mol. The first-order chi connectivity index (χ1) is 17.6. The third kappa shape index (κ3) is 9.48. The second-order valence-corrected chi connectivity index (χ2v) is 10.6. The van der Waals surface area contributed by atoms with Gasteiger partial charge in [-0.1, -0.05) is 64.2 Å². The fourth-order valence-electron chi connectivity index (χ4n) is 5.16. The molecule has 0 radical (unpaired) electrons. The van der Waals surface area contributed by atoms with Crippen molar-refractivity contribution in [3.05, 3.63) is 72.3 Å². The Morgan fingerprint density at radius 2 is 1.64 bits per heavy atom. The van der Waals surface area contributed by atoms with Crippen molar-refractivity contribution < 1.29 is 14.3 Å². The first-order valence-corrected chi connectivity index (χ1v) is 14.2. The van der Waals surface area contributed by atoms with Crippen LogP contribution in [0.25, 0.3) is 0 Å². The summed E-state index contributed by atoms with van der Waals surface area (Å²) < 4.78 is 11.5. The fraction of sp³-hybridized carbons (Fsp3) is 0.545. The van der Waals surface area contributed by atoms with Crippen molar-refractivity contribution in [2.45, 2.75) is 96.8 Å². The van der Waals surface area contributed by atoms with Crippen molar-refractivity contribution in [1.29, 1.82) is 0 Å². The molecule has 0 aromatic heterocycles. The van der Waals surface area contributed by atoms with Crippen LogP contribution in [0.3, 0.4) is 0 Å². The lowest BCUT2D eigenvalue weighted by atomic mass is 9.77. The van der Waals surface area contributed by atoms with E-state index in [-0.39, 0.29) is 5.97 Å². The Labute approximate surface area is 219 Å². The zero-order valence-corrected chi connectivity index (χ0v) is 22.6. The van der Waals surface area contributed by atoms with E-state index in [1.54, 1.807) is 12.1 Å². The van der Waals surface area contributed by atoms with E-state index in [2.05, 4.69) is 32.6 Å². The minimum atomic E-state index is -0.334. The molecule has 0 heterocycles. The summed E-state index contributed by atoms with van der Waals surface area (Å²) in [7, 11) is 0. The molecule has 196 valence electrons. The summed E-state index contributed by atoms with van der Waals surface area (Å²) >= 11 is 0. The van der Waals surface area contributed by atoms with E-state index < -0.39 is 0 Å². The molecular weight excluding hydrogens is 444 g/mol. The number of rotatable bonds is 15. The Kier molecular flexibility index (Phi) is 12.1. The van der Waals surface area contributed by atoms with E-state index >= 15 is 0 Å². The topological polar surface area (TPSA) is 35.5 Å². The van der Waals surface area contributed by atoms with Crippen LogP contribution in [-0.2, 0) is 0 Å². The lowest BCUT2D eigenvalue weighted by Gasteiger charge is -2.28. The number of hydrogen-bond donors (Lipinski definition) is 0. The normalized spacial score (nSPS) is 18.4. The molecule has 36 heavy (non-hydrogen) atoms. The predicted molar refractivity (Wildman–Crippen MR) is 150 cm³/mol. The predicted octanol–water partition coefficient (Wildman–Crippen LogP) is 9.52. The summed E-state index contributed by atoms with van der Waals surface area (Å²) in [6, 6.07) is 15.4. The minimum absolute atomic E-state index is 0.334. The molecule has 2 aromatic carbocycles. The van der Waals surface area contributed by atoms with Gasteiger partial charge >= 0.3 is 5.97 Å². The molecule has 0 bridgehead atoms. The van der Waals surface area contributed by atoms with E-state index in [1.807, 2.05) is 30.3 Å². The van der Waals surface area contributed by atoms with Gasteiger partial charge in [0.25, 0.3) is 0 Å². The van der Waals surface area contributed by atoms with Gasteiger partial charge in [-0.2, -0.15) is 0 Å². The maximum Gasteiger partial charge on any atom is 0.343 e. The summed E-state index contributed by atoms with van der Waals surface area (Å²) in [5, 5.41) is 0. The van der Waals surface area contributed by atoms with Gasteiger partial charge in [0.05, 0.1) is 12.2 Å². The monoisotopic (exact) mass is 490 g/mol. The first kappa shape index (κ1) is 28.0. The first-order valence-electron chi connectivity index (χ1n) is 14.2. The average Bonchev–Trinajstić information content (AvgIpc) is 2.92. The Hall–Kier alpha value is -2.55. The van der Waals surface area contributed by atoms with Crippen LogP contribution in [0, 0.1) is 11.8 Å². The number of benzene rings is 2. The van der Waals surface area contributed by atoms with Crippen LogP contribution in [0.5, 0.6) is 11.5 Å². The van der Waals surface area contributed by atoms with Crippen LogP contribution < -0.4 is 9.47 Å². The standard InChI is InChI=1S/C33H46O3/c1-4-6-8-12-27-13-15-28(16-14-27)29-17-23-32(24-18-29)36-33(34)30-19-21-31(22-20-30)35-25-10-7-9-11-26(3)5-2/h4,17-24,26-28H,1,5-16,25H2,2-3H3/t26-,27-,28-/m0/s1. The summed E-state index contributed by atoms with van der Waals surface area (Å²) in [5.41, 5.74) is 1.90. The molecule has 0 saturated heterocycles. The molecule has 0 amide bonds. The molecule has 0 N–H and O–H groups in total. The second-order valence-electron chi connectivity index (χ2n) is 10.6. The third-order valence-electron chi connectivity index (χ3n) is 7.83. The van der Waals surface area contributed by atoms with Gasteiger partial charge in [0.1, 0.15) is 11.5 Å². The van der Waals surface area contributed by atoms with Gasteiger partial charge < -0.3 is 9.47 Å². The van der Waals surface area contributed by atoms with Crippen LogP contribution in [-0.4, -0.2) is 12.6 Å². The smallest absolute Gasteiger partial charge is 0.343 e. The van der Waals surface area contributed by atoms with Gasteiger partial charge in [0, 0.05) is 0 Å². The van der Waals surface area contributed by atoms with Crippen LogP contribution in [0.4, 0.5) is 0 Å². The molecular formula is C33H46O3. The molecule has 3 heteroatoms. The Balaban J connectivity index is 1.38. The summed E-state index contributed by atoms with van der Waals surface area (Å²) in [4.78, 5) is 12.6. The maximum absolute atomic E-state index is 12.6. The largest absolute Gasteiger partial charge is 0.494 e. The molecule has 0 spiro atoms. The summed E-state index contributed by atoms with van der Waals surface area (Å²) in [6.07, 6.45) is 17.0. The molecule has 0 aliphatic heterocycles. The number of esters is 1. The van der Waals surface area contributed by atoms with Gasteiger partial charge in [-0.25, -0.2) is 4.79 Å². The molecule has 1 fully saturated rings. The number of allylic oxidation sites excluding steroid dienone is 1. The number of unbranched alkanes of at least 4 members (excludes halogenated alkanes) is 3. The highest BCUT2D eigenvalue weighted by atomic mass is 16.5. The number of hydrogen-bond acceptors (Lipinski definition) is 3. The van der Waals surface area contributed by atoms with Crippen molar-refractivity contribution in [3.8, 4) is 11.5 Å². The van der Waals surface area contributed by atoms with E-state index in [0.717, 1.165) is 30.4 Å². The highest BCUT2D eigenvalue weighted by Crippen LogP contribution is 2.38. The lowest BCUT2D eigenvalue weighted by Crippen LogP contribution is -2.13. The summed E-state index contributed by atoms with van der Waals surface area (Å²) in [5.74, 6) is 3.38. The molecule has 1 aliphatic rings. The van der Waals surface area contributed by atoms with E-state index in [1.165, 1.54) is 69.8 Å². The molecule has 3 nitrogen and oxygen atoms in total. The zero-order valence-electron chi connectivity index (χ0n) is 22.6. The van der Waals surface area contributed by atoms with E-state index in [0.29, 0.717) is 23.8 Å². The van der Waals surface area contributed by atoms with Crippen molar-refractivity contribution in [2.24, 2.45) is 11.8 Å². The van der Waals surface area contributed by atoms with Gasteiger partial charge in [-0.3, -0.25) is 0 Å². The quantitative estimate of drug-likeness (QED) is 0.108. The zero-order chi connectivity index (χ0) is 25.6. The van der Waals surface area contributed by atoms with Gasteiger partial charge in [0.15, 0.2) is 0 Å². The minimum Gasteiger partial charge on any atom is -0.494 e. The molecule has 0 unspecified atom stereocenters. The highest BCUT2D eigenvalue weighted by molar-refractivity contribution is 5.91. The highest BCUT2D eigenvalue weighted by Gasteiger charge is 2.22. The van der Waals surface area contributed by atoms with Crippen molar-refractivity contribution in [1.82, 2.24) is 0 Å². The molecule has 1 saturated carbocycles. The lowest BCUT2D eigenvalue weighted by molar-refractivity contribution is 0.0734. The van der Waals surface area contributed by atoms with E-state index in [4.69, 9.17) is 9.47 Å². The number of carbonyl (C=O) groups excluding carboxylic acids is 1. The summed E-state index contributed by atoms with van der Waals surface area (Å²) in [6.45, 7) is 9.11. The maximum atomic E-state index is 12.6.